The number of nitrogens with one attached hydrogen (secondary N) is 3. The molecule has 1 aromatic heterocycles. The molecule has 1 aromatic carbocycles. The molecule has 9 N–H and O–H groups in total. The van der Waals surface area contributed by atoms with Crippen LogP contribution in [0.3, 0.4) is 0 Å². The number of Topliss-reactive ketones (excluding diaryl/α,β-unsaturated/α-hetero) is 2. The highest BCUT2D eigenvalue weighted by Crippen LogP contribution is 2.39. The molecule has 11 heteroatoms. The molecule has 2 aromatic rings. The average Bonchev–Trinajstić information content (AvgIpc) is 3.74. The first-order chi connectivity index (χ1) is 27.6. The number of allylic oxidation sites excluding steroid dienone is 2. The van der Waals surface area contributed by atoms with Crippen LogP contribution < -0.4 is 21.1 Å². The molecule has 0 amide bonds. The van der Waals surface area contributed by atoms with Crippen LogP contribution in [0.4, 0.5) is 0 Å². The number of dihydropyridines is 1. The van der Waals surface area contributed by atoms with E-state index in [-0.39, 0.29) is 36.5 Å². The summed E-state index contributed by atoms with van der Waals surface area (Å²) in [4.78, 5) is 28.9. The first-order valence-electron chi connectivity index (χ1n) is 21.3. The minimum Gasteiger partial charge on any atom is -0.504 e. The van der Waals surface area contributed by atoms with Crippen molar-refractivity contribution in [2.75, 3.05) is 26.8 Å². The van der Waals surface area contributed by atoms with Crippen LogP contribution in [0.5, 0.6) is 11.5 Å². The van der Waals surface area contributed by atoms with Crippen LogP contribution in [0.25, 0.3) is 0 Å². The van der Waals surface area contributed by atoms with E-state index in [1.807, 2.05) is 18.5 Å². The summed E-state index contributed by atoms with van der Waals surface area (Å²) >= 11 is 0. The molecule has 4 aliphatic rings. The minimum absolute atomic E-state index is 0.000608. The average molecular weight is 785 g/mol. The monoisotopic (exact) mass is 784 g/mol. The van der Waals surface area contributed by atoms with Crippen molar-refractivity contribution < 1.29 is 34.8 Å². The molecule has 6 rings (SSSR count). The van der Waals surface area contributed by atoms with Gasteiger partial charge in [0.2, 0.25) is 0 Å². The van der Waals surface area contributed by atoms with Gasteiger partial charge in [-0.05, 0) is 147 Å². The number of ketones is 2. The SMILES string of the molecule is COc1cc2c(cc1O)C(CCC(O)CCC1=C(Cc3cc[nH]c3)CNC(N)=C1)C#CC(C(O)CCCC(CCCO)C1CNC3CC(=O)CCC3C1)C(=O)CC2. The lowest BCUT2D eigenvalue weighted by molar-refractivity contribution is -0.124. The van der Waals surface area contributed by atoms with Gasteiger partial charge in [-0.25, -0.2) is 0 Å². The molecule has 3 heterocycles. The number of aromatic amines is 1. The Hall–Kier alpha value is -4.08. The molecule has 0 bridgehead atoms. The molecule has 0 spiro atoms. The van der Waals surface area contributed by atoms with Gasteiger partial charge in [-0.2, -0.15) is 0 Å². The molecular weight excluding hydrogens is 721 g/mol. The number of nitrogens with two attached hydrogens (primary N) is 1. The molecule has 2 aliphatic carbocycles. The maximum atomic E-state index is 13.7. The third-order valence-electron chi connectivity index (χ3n) is 13.0. The zero-order chi connectivity index (χ0) is 40.3. The minimum atomic E-state index is -0.920. The van der Waals surface area contributed by atoms with Crippen LogP contribution in [-0.4, -0.2) is 82.0 Å². The molecule has 1 saturated carbocycles. The number of benzene rings is 1. The number of aromatic nitrogens is 1. The lowest BCUT2D eigenvalue weighted by Crippen LogP contribution is -2.50. The summed E-state index contributed by atoms with van der Waals surface area (Å²) in [6.07, 6.45) is 15.0. The van der Waals surface area contributed by atoms with Gasteiger partial charge in [0.25, 0.3) is 0 Å². The van der Waals surface area contributed by atoms with Crippen molar-refractivity contribution in [3.63, 3.8) is 0 Å². The molecule has 310 valence electrons. The van der Waals surface area contributed by atoms with E-state index >= 15 is 0 Å². The highest BCUT2D eigenvalue weighted by molar-refractivity contribution is 5.85. The number of piperidine rings is 1. The highest BCUT2D eigenvalue weighted by Gasteiger charge is 2.37. The summed E-state index contributed by atoms with van der Waals surface area (Å²) in [5.74, 6) is 7.90. The number of fused-ring (bicyclic) bond motifs is 2. The fourth-order valence-corrected chi connectivity index (χ4v) is 9.70. The molecule has 2 aliphatic heterocycles. The van der Waals surface area contributed by atoms with Gasteiger partial charge in [0.15, 0.2) is 17.3 Å². The van der Waals surface area contributed by atoms with E-state index < -0.39 is 18.1 Å². The van der Waals surface area contributed by atoms with Gasteiger partial charge in [0.1, 0.15) is 11.7 Å². The number of aromatic hydroxyl groups is 1. The number of rotatable bonds is 18. The predicted molar refractivity (Wildman–Crippen MR) is 220 cm³/mol. The number of H-pyrrole nitrogens is 1. The van der Waals surface area contributed by atoms with E-state index in [4.69, 9.17) is 10.5 Å². The van der Waals surface area contributed by atoms with Crippen LogP contribution >= 0.6 is 0 Å². The third kappa shape index (κ3) is 11.5. The van der Waals surface area contributed by atoms with Gasteiger partial charge in [0, 0.05) is 56.8 Å². The lowest BCUT2D eigenvalue weighted by Gasteiger charge is -2.42. The van der Waals surface area contributed by atoms with Gasteiger partial charge in [-0.15, -0.1) is 0 Å². The second kappa shape index (κ2) is 20.6. The normalized spacial score (nSPS) is 25.3. The van der Waals surface area contributed by atoms with E-state index in [9.17, 15) is 30.0 Å². The molecule has 8 atom stereocenters. The van der Waals surface area contributed by atoms with E-state index in [1.54, 1.807) is 12.1 Å². The van der Waals surface area contributed by atoms with E-state index in [2.05, 4.69) is 33.5 Å². The number of carbonyl (C=O) groups excluding carboxylic acids is 2. The standard InChI is InChI=1S/C46H64N4O7/c1-57-45-22-33-11-16-43(55)39(42(54)6-2-4-30(5-3-19-51)36-21-34-9-14-38(53)24-41(34)49-27-36)15-10-31(40(33)25-44(45)56)7-12-37(52)13-8-32-23-46(47)50-28-35(32)20-29-17-18-48-26-29/h17-18,22-23,25-26,30-31,34,36-37,39,41-42,48-52,54,56H,2-9,11-14,16,19-21,24,27-28,47H2,1H3. The number of hydrogen-bond donors (Lipinski definition) is 8. The van der Waals surface area contributed by atoms with Crippen molar-refractivity contribution in [3.05, 3.63) is 70.3 Å². The Bertz CT molecular complexity index is 1790. The zero-order valence-corrected chi connectivity index (χ0v) is 33.6. The number of phenols is 1. The van der Waals surface area contributed by atoms with Crippen molar-refractivity contribution in [2.45, 2.75) is 127 Å². The quantitative estimate of drug-likeness (QED) is 0.0947. The molecule has 11 nitrogen and oxygen atoms in total. The number of hydrogen-bond acceptors (Lipinski definition) is 10. The molecule has 0 radical (unpaired) electrons. The number of methoxy groups -OCH3 is 1. The van der Waals surface area contributed by atoms with Crippen molar-refractivity contribution in [2.24, 2.45) is 29.4 Å². The molecule has 1 saturated heterocycles. The maximum Gasteiger partial charge on any atom is 0.160 e. The second-order valence-electron chi connectivity index (χ2n) is 16.9. The van der Waals surface area contributed by atoms with E-state index in [1.165, 1.54) is 18.2 Å². The van der Waals surface area contributed by atoms with Gasteiger partial charge in [-0.1, -0.05) is 24.7 Å². The fraction of sp³-hybridized carbons (Fsp3) is 0.609. The number of carbonyl (C=O) groups is 2. The summed E-state index contributed by atoms with van der Waals surface area (Å²) in [6, 6.07) is 5.81. The van der Waals surface area contributed by atoms with E-state index in [0.29, 0.717) is 93.0 Å². The van der Waals surface area contributed by atoms with Crippen LogP contribution in [0.2, 0.25) is 0 Å². The number of ether oxygens (including phenoxy) is 1. The molecule has 8 unspecified atom stereocenters. The highest BCUT2D eigenvalue weighted by atomic mass is 16.5. The van der Waals surface area contributed by atoms with Crippen LogP contribution in [0, 0.1) is 35.5 Å². The zero-order valence-electron chi connectivity index (χ0n) is 33.6. The lowest BCUT2D eigenvalue weighted by atomic mass is 9.70. The predicted octanol–water partition coefficient (Wildman–Crippen LogP) is 5.08. The summed E-state index contributed by atoms with van der Waals surface area (Å²) in [5, 5.41) is 50.2. The third-order valence-corrected chi connectivity index (χ3v) is 13.0. The topological polar surface area (TPSA) is 190 Å². The number of aliphatic hydroxyl groups is 3. The molecule has 57 heavy (non-hydrogen) atoms. The maximum absolute atomic E-state index is 13.7. The Labute approximate surface area is 337 Å². The van der Waals surface area contributed by atoms with Crippen LogP contribution in [-0.2, 0) is 22.4 Å². The Morgan fingerprint density at radius 2 is 1.88 bits per heavy atom. The van der Waals surface area contributed by atoms with Gasteiger partial charge < -0.3 is 46.5 Å². The summed E-state index contributed by atoms with van der Waals surface area (Å²) in [7, 11) is 1.50. The first-order valence-corrected chi connectivity index (χ1v) is 21.3. The number of aliphatic hydroxyl groups excluding tert-OH is 3. The smallest absolute Gasteiger partial charge is 0.160 e. The van der Waals surface area contributed by atoms with Gasteiger partial charge in [-0.3, -0.25) is 9.59 Å². The summed E-state index contributed by atoms with van der Waals surface area (Å²) < 4.78 is 5.43. The van der Waals surface area contributed by atoms with Crippen molar-refractivity contribution in [1.29, 1.82) is 0 Å². The largest absolute Gasteiger partial charge is 0.504 e. The van der Waals surface area contributed by atoms with Gasteiger partial charge >= 0.3 is 0 Å². The molecular formula is C46H64N4O7. The number of aryl methyl sites for hydroxylation is 1. The van der Waals surface area contributed by atoms with Crippen LogP contribution in [0.1, 0.15) is 112 Å². The summed E-state index contributed by atoms with van der Waals surface area (Å²) in [6.45, 7) is 1.68. The first kappa shape index (κ1) is 42.5. The Morgan fingerprint density at radius 1 is 1.04 bits per heavy atom. The second-order valence-corrected chi connectivity index (χ2v) is 16.9. The number of phenolic OH excluding ortho intramolecular Hbond substituents is 1. The van der Waals surface area contributed by atoms with Crippen molar-refractivity contribution in [3.8, 4) is 23.3 Å². The Kier molecular flexibility index (Phi) is 15.3. The van der Waals surface area contributed by atoms with E-state index in [0.717, 1.165) is 68.2 Å². The van der Waals surface area contributed by atoms with Gasteiger partial charge in [0.05, 0.1) is 25.1 Å². The Balaban J connectivity index is 1.11. The van der Waals surface area contributed by atoms with Crippen molar-refractivity contribution in [1.82, 2.24) is 15.6 Å². The fourth-order valence-electron chi connectivity index (χ4n) is 9.70. The summed E-state index contributed by atoms with van der Waals surface area (Å²) in [5.41, 5.74) is 11.4. The molecule has 2 fully saturated rings. The van der Waals surface area contributed by atoms with Crippen molar-refractivity contribution >= 4 is 11.6 Å². The Morgan fingerprint density at radius 3 is 2.67 bits per heavy atom. The van der Waals surface area contributed by atoms with Crippen LogP contribution in [0.15, 0.2) is 53.6 Å².